The Hall–Kier alpha value is -0.0600. The summed E-state index contributed by atoms with van der Waals surface area (Å²) < 4.78 is 1.80. The largest absolute Gasteiger partial charge is 0.211 e. The fourth-order valence-corrected chi connectivity index (χ4v) is 1.06. The number of aromatic nitrogens is 2. The minimum atomic E-state index is 0.591. The molecular formula is C6H9IN2. The van der Waals surface area contributed by atoms with Crippen molar-refractivity contribution in [2.45, 2.75) is 19.8 Å². The third-order valence-electron chi connectivity index (χ3n) is 1.24. The average molecular weight is 236 g/mol. The van der Waals surface area contributed by atoms with E-state index < -0.39 is 0 Å². The van der Waals surface area contributed by atoms with E-state index in [0.717, 1.165) is 0 Å². The SMILES string of the molecule is CC(C)c1cnn(I)c1. The summed E-state index contributed by atoms with van der Waals surface area (Å²) in [5.74, 6) is 0.591. The van der Waals surface area contributed by atoms with Gasteiger partial charge in [0.15, 0.2) is 0 Å². The van der Waals surface area contributed by atoms with E-state index in [-0.39, 0.29) is 0 Å². The highest BCUT2D eigenvalue weighted by molar-refractivity contribution is 14.1. The molecule has 0 unspecified atom stereocenters. The van der Waals surface area contributed by atoms with E-state index in [9.17, 15) is 0 Å². The van der Waals surface area contributed by atoms with Gasteiger partial charge in [0.1, 0.15) is 0 Å². The first-order chi connectivity index (χ1) is 4.20. The Morgan fingerprint density at radius 2 is 2.33 bits per heavy atom. The van der Waals surface area contributed by atoms with Gasteiger partial charge in [0.25, 0.3) is 0 Å². The lowest BCUT2D eigenvalue weighted by Gasteiger charge is -1.95. The Labute approximate surface area is 68.8 Å². The summed E-state index contributed by atoms with van der Waals surface area (Å²) in [6.45, 7) is 4.32. The first-order valence-corrected chi connectivity index (χ1v) is 3.87. The van der Waals surface area contributed by atoms with Crippen molar-refractivity contribution in [3.05, 3.63) is 18.0 Å². The maximum Gasteiger partial charge on any atom is 0.0843 e. The van der Waals surface area contributed by atoms with Crippen molar-refractivity contribution in [2.24, 2.45) is 0 Å². The van der Waals surface area contributed by atoms with Crippen LogP contribution in [0.25, 0.3) is 0 Å². The summed E-state index contributed by atoms with van der Waals surface area (Å²) >= 11 is 2.14. The van der Waals surface area contributed by atoms with Crippen LogP contribution in [0.2, 0.25) is 0 Å². The highest BCUT2D eigenvalue weighted by atomic mass is 127. The van der Waals surface area contributed by atoms with Crippen LogP contribution in [0.5, 0.6) is 0 Å². The molecule has 0 atom stereocenters. The molecular weight excluding hydrogens is 227 g/mol. The Morgan fingerprint density at radius 1 is 1.67 bits per heavy atom. The van der Waals surface area contributed by atoms with Gasteiger partial charge in [-0.05, 0) is 11.5 Å². The van der Waals surface area contributed by atoms with E-state index in [2.05, 4.69) is 41.8 Å². The molecule has 2 nitrogen and oxygen atoms in total. The second-order valence-electron chi connectivity index (χ2n) is 2.32. The van der Waals surface area contributed by atoms with Crippen molar-refractivity contribution >= 4 is 22.9 Å². The molecule has 0 aliphatic rings. The Balaban J connectivity index is 2.85. The summed E-state index contributed by atoms with van der Waals surface area (Å²) in [4.78, 5) is 0. The topological polar surface area (TPSA) is 17.8 Å². The van der Waals surface area contributed by atoms with E-state index in [1.165, 1.54) is 5.56 Å². The summed E-state index contributed by atoms with van der Waals surface area (Å²) in [5.41, 5.74) is 1.30. The minimum Gasteiger partial charge on any atom is -0.211 e. The zero-order chi connectivity index (χ0) is 6.85. The highest BCUT2D eigenvalue weighted by Gasteiger charge is 1.99. The maximum absolute atomic E-state index is 4.04. The highest BCUT2D eigenvalue weighted by Crippen LogP contribution is 2.12. The Kier molecular flexibility index (Phi) is 2.10. The third-order valence-corrected chi connectivity index (χ3v) is 1.77. The molecule has 0 radical (unpaired) electrons. The monoisotopic (exact) mass is 236 g/mol. The van der Waals surface area contributed by atoms with Gasteiger partial charge in [0.05, 0.1) is 29.1 Å². The molecule has 0 N–H and O–H groups in total. The number of hydrogen-bond donors (Lipinski definition) is 0. The predicted octanol–water partition coefficient (Wildman–Crippen LogP) is 2.20. The quantitative estimate of drug-likeness (QED) is 0.683. The number of halogens is 1. The van der Waals surface area contributed by atoms with Crippen molar-refractivity contribution in [2.75, 3.05) is 0 Å². The van der Waals surface area contributed by atoms with E-state index in [0.29, 0.717) is 5.92 Å². The van der Waals surface area contributed by atoms with Crippen LogP contribution in [0.15, 0.2) is 12.4 Å². The molecule has 0 aromatic carbocycles. The zero-order valence-corrected chi connectivity index (χ0v) is 7.66. The first kappa shape index (κ1) is 7.05. The third kappa shape index (κ3) is 1.67. The molecule has 50 valence electrons. The van der Waals surface area contributed by atoms with Gasteiger partial charge in [-0.3, -0.25) is 0 Å². The summed E-state index contributed by atoms with van der Waals surface area (Å²) in [7, 11) is 0. The normalized spacial score (nSPS) is 10.7. The summed E-state index contributed by atoms with van der Waals surface area (Å²) in [5, 5.41) is 4.04. The average Bonchev–Trinajstić information content (AvgIpc) is 2.14. The van der Waals surface area contributed by atoms with Crippen LogP contribution in [-0.4, -0.2) is 7.99 Å². The van der Waals surface area contributed by atoms with Crippen LogP contribution < -0.4 is 0 Å². The minimum absolute atomic E-state index is 0.591. The van der Waals surface area contributed by atoms with Crippen LogP contribution in [0, 0.1) is 0 Å². The smallest absolute Gasteiger partial charge is 0.0843 e. The van der Waals surface area contributed by atoms with Crippen LogP contribution in [0.4, 0.5) is 0 Å². The Morgan fingerprint density at radius 3 is 2.56 bits per heavy atom. The summed E-state index contributed by atoms with van der Waals surface area (Å²) in [6, 6.07) is 0. The second-order valence-corrected chi connectivity index (χ2v) is 3.31. The fraction of sp³-hybridized carbons (Fsp3) is 0.500. The molecule has 1 aromatic heterocycles. The van der Waals surface area contributed by atoms with Gasteiger partial charge in [-0.1, -0.05) is 13.8 Å². The van der Waals surface area contributed by atoms with Crippen molar-refractivity contribution in [1.82, 2.24) is 7.99 Å². The molecule has 0 bridgehead atoms. The molecule has 0 fully saturated rings. The van der Waals surface area contributed by atoms with E-state index in [4.69, 9.17) is 0 Å². The second kappa shape index (κ2) is 2.68. The molecule has 0 spiro atoms. The van der Waals surface area contributed by atoms with Gasteiger partial charge in [0.2, 0.25) is 0 Å². The molecule has 9 heavy (non-hydrogen) atoms. The van der Waals surface area contributed by atoms with Gasteiger partial charge in [0, 0.05) is 6.20 Å². The van der Waals surface area contributed by atoms with Crippen LogP contribution in [0.3, 0.4) is 0 Å². The van der Waals surface area contributed by atoms with E-state index >= 15 is 0 Å². The number of hydrogen-bond acceptors (Lipinski definition) is 1. The molecule has 3 heteroatoms. The number of rotatable bonds is 1. The van der Waals surface area contributed by atoms with Crippen LogP contribution in [-0.2, 0) is 0 Å². The molecule has 0 saturated carbocycles. The lowest BCUT2D eigenvalue weighted by atomic mass is 10.1. The Bertz CT molecular complexity index is 193. The van der Waals surface area contributed by atoms with Crippen LogP contribution >= 0.6 is 22.9 Å². The maximum atomic E-state index is 4.04. The van der Waals surface area contributed by atoms with Crippen molar-refractivity contribution in [1.29, 1.82) is 0 Å². The zero-order valence-electron chi connectivity index (χ0n) is 5.50. The lowest BCUT2D eigenvalue weighted by molar-refractivity contribution is 0.868. The molecule has 0 amide bonds. The molecule has 1 rings (SSSR count). The molecule has 0 saturated heterocycles. The molecule has 0 aliphatic carbocycles. The lowest BCUT2D eigenvalue weighted by Crippen LogP contribution is -1.80. The van der Waals surface area contributed by atoms with Gasteiger partial charge in [-0.25, -0.2) is 2.90 Å². The van der Waals surface area contributed by atoms with Crippen molar-refractivity contribution < 1.29 is 0 Å². The standard InChI is InChI=1S/C6H9IN2/c1-5(2)6-3-8-9(7)4-6/h3-5H,1-2H3. The van der Waals surface area contributed by atoms with E-state index in [1.54, 1.807) is 2.90 Å². The predicted molar refractivity (Wildman–Crippen MR) is 45.7 cm³/mol. The molecule has 0 aliphatic heterocycles. The van der Waals surface area contributed by atoms with Gasteiger partial charge in [-0.15, -0.1) is 0 Å². The van der Waals surface area contributed by atoms with Gasteiger partial charge in [-0.2, -0.15) is 5.10 Å². The van der Waals surface area contributed by atoms with E-state index in [1.807, 2.05) is 12.4 Å². The number of nitrogens with zero attached hydrogens (tertiary/aromatic N) is 2. The fourth-order valence-electron chi connectivity index (χ4n) is 0.610. The first-order valence-electron chi connectivity index (χ1n) is 2.91. The molecule has 1 aromatic rings. The van der Waals surface area contributed by atoms with Crippen molar-refractivity contribution in [3.63, 3.8) is 0 Å². The molecule has 1 heterocycles. The van der Waals surface area contributed by atoms with Gasteiger partial charge >= 0.3 is 0 Å². The van der Waals surface area contributed by atoms with Gasteiger partial charge < -0.3 is 0 Å². The van der Waals surface area contributed by atoms with Crippen LogP contribution in [0.1, 0.15) is 25.3 Å². The van der Waals surface area contributed by atoms with Crippen molar-refractivity contribution in [3.8, 4) is 0 Å². The summed E-state index contributed by atoms with van der Waals surface area (Å²) in [6.07, 6.45) is 3.93.